The van der Waals surface area contributed by atoms with Crippen molar-refractivity contribution < 1.29 is 18.7 Å². The van der Waals surface area contributed by atoms with Gasteiger partial charge in [-0.05, 0) is 42.8 Å². The number of nitrogens with one attached hydrogen (secondary N) is 1. The van der Waals surface area contributed by atoms with E-state index in [0.717, 1.165) is 22.6 Å². The third-order valence-electron chi connectivity index (χ3n) is 6.13. The lowest BCUT2D eigenvalue weighted by Crippen LogP contribution is -2.16. The normalized spacial score (nSPS) is 11.1. The Morgan fingerprint density at radius 2 is 1.71 bits per heavy atom. The molecule has 0 fully saturated rings. The van der Waals surface area contributed by atoms with Gasteiger partial charge in [0.25, 0.3) is 5.91 Å². The number of carbonyl (C=O) groups excluding carboxylic acids is 2. The zero-order valence-corrected chi connectivity index (χ0v) is 22.7. The fourth-order valence-electron chi connectivity index (χ4n) is 4.20. The van der Waals surface area contributed by atoms with Crippen molar-refractivity contribution in [3.63, 3.8) is 0 Å². The van der Waals surface area contributed by atoms with E-state index in [1.807, 2.05) is 66.7 Å². The second-order valence-corrected chi connectivity index (χ2v) is 9.66. The first-order valence-corrected chi connectivity index (χ1v) is 13.5. The van der Waals surface area contributed by atoms with E-state index < -0.39 is 17.7 Å². The Kier molecular flexibility index (Phi) is 8.13. The van der Waals surface area contributed by atoms with Crippen LogP contribution in [0.3, 0.4) is 0 Å². The number of amides is 1. The van der Waals surface area contributed by atoms with Crippen LogP contribution in [0.5, 0.6) is 0 Å². The zero-order chi connectivity index (χ0) is 28.8. The van der Waals surface area contributed by atoms with Crippen molar-refractivity contribution in [1.29, 1.82) is 5.26 Å². The number of rotatable bonds is 8. The second-order valence-electron chi connectivity index (χ2n) is 8.78. The summed E-state index contributed by atoms with van der Waals surface area (Å²) in [6.45, 7) is 1.80. The molecule has 41 heavy (non-hydrogen) atoms. The molecule has 0 spiro atoms. The molecular formula is C32H23FN4O3S. The number of benzene rings is 3. The maximum Gasteiger partial charge on any atom is 0.341 e. The van der Waals surface area contributed by atoms with Gasteiger partial charge in [-0.1, -0.05) is 60.7 Å². The molecule has 0 saturated carbocycles. The quantitative estimate of drug-likeness (QED) is 0.123. The number of esters is 1. The van der Waals surface area contributed by atoms with Crippen LogP contribution in [-0.4, -0.2) is 28.3 Å². The summed E-state index contributed by atoms with van der Waals surface area (Å²) in [4.78, 5) is 26.3. The fraction of sp³-hybridized carbons (Fsp3) is 0.0625. The van der Waals surface area contributed by atoms with E-state index in [0.29, 0.717) is 22.4 Å². The van der Waals surface area contributed by atoms with Gasteiger partial charge in [0.15, 0.2) is 0 Å². The first kappa shape index (κ1) is 27.2. The molecule has 7 nitrogen and oxygen atoms in total. The molecule has 0 aliphatic heterocycles. The largest absolute Gasteiger partial charge is 0.462 e. The number of hydrogen-bond donors (Lipinski definition) is 1. The number of nitrogens with zero attached hydrogens (tertiary/aromatic N) is 3. The molecule has 5 aromatic rings. The highest BCUT2D eigenvalue weighted by Crippen LogP contribution is 2.37. The maximum atomic E-state index is 13.5. The highest BCUT2D eigenvalue weighted by molar-refractivity contribution is 7.15. The van der Waals surface area contributed by atoms with Crippen LogP contribution in [0.15, 0.2) is 102 Å². The molecule has 0 saturated heterocycles. The van der Waals surface area contributed by atoms with Crippen molar-refractivity contribution in [3.8, 4) is 34.1 Å². The number of thiophene rings is 1. The van der Waals surface area contributed by atoms with Crippen molar-refractivity contribution in [2.45, 2.75) is 6.92 Å². The molecule has 0 aliphatic rings. The van der Waals surface area contributed by atoms with E-state index in [9.17, 15) is 19.2 Å². The van der Waals surface area contributed by atoms with E-state index >= 15 is 0 Å². The Morgan fingerprint density at radius 3 is 2.37 bits per heavy atom. The number of para-hydroxylation sites is 1. The Balaban J connectivity index is 1.52. The summed E-state index contributed by atoms with van der Waals surface area (Å²) in [5.41, 5.74) is 3.82. The van der Waals surface area contributed by atoms with E-state index in [-0.39, 0.29) is 22.7 Å². The Labute approximate surface area is 239 Å². The predicted molar refractivity (Wildman–Crippen MR) is 157 cm³/mol. The maximum absolute atomic E-state index is 13.5. The summed E-state index contributed by atoms with van der Waals surface area (Å²) >= 11 is 1.11. The molecule has 0 bridgehead atoms. The third-order valence-corrected chi connectivity index (χ3v) is 7.02. The standard InChI is InChI=1S/C32H23FN4O3S/c1-2-40-32(39)28-27(21-13-15-25(33)16-14-21)20-41-31(28)35-30(38)23(18-34)17-24-19-37(26-11-7-4-8-12-26)36-29(24)22-9-5-3-6-10-22/h3-17,19-20H,2H2,1H3,(H,35,38)/b23-17+. The highest BCUT2D eigenvalue weighted by Gasteiger charge is 2.24. The minimum atomic E-state index is -0.697. The van der Waals surface area contributed by atoms with Crippen LogP contribution in [0, 0.1) is 17.1 Å². The number of anilines is 1. The summed E-state index contributed by atoms with van der Waals surface area (Å²) < 4.78 is 20.4. The molecular weight excluding hydrogens is 539 g/mol. The van der Waals surface area contributed by atoms with Crippen molar-refractivity contribution in [2.24, 2.45) is 0 Å². The first-order chi connectivity index (χ1) is 20.0. The smallest absolute Gasteiger partial charge is 0.341 e. The molecule has 0 aliphatic carbocycles. The molecule has 2 aromatic heterocycles. The summed E-state index contributed by atoms with van der Waals surface area (Å²) in [7, 11) is 0. The number of nitriles is 1. The molecule has 0 radical (unpaired) electrons. The Morgan fingerprint density at radius 1 is 1.02 bits per heavy atom. The van der Waals surface area contributed by atoms with Gasteiger partial charge in [-0.25, -0.2) is 13.9 Å². The Hall–Kier alpha value is -5.33. The number of carbonyl (C=O) groups is 2. The van der Waals surface area contributed by atoms with Gasteiger partial charge < -0.3 is 10.1 Å². The molecule has 1 N–H and O–H groups in total. The minimum absolute atomic E-state index is 0.127. The monoisotopic (exact) mass is 562 g/mol. The predicted octanol–water partition coefficient (Wildman–Crippen LogP) is 7.13. The van der Waals surface area contributed by atoms with E-state index in [4.69, 9.17) is 9.84 Å². The second kappa shape index (κ2) is 12.2. The Bertz CT molecular complexity index is 1770. The molecule has 5 rings (SSSR count). The number of aromatic nitrogens is 2. The average Bonchev–Trinajstić information content (AvgIpc) is 3.62. The van der Waals surface area contributed by atoms with Gasteiger partial charge in [-0.3, -0.25) is 4.79 Å². The van der Waals surface area contributed by atoms with Crippen LogP contribution in [0.2, 0.25) is 0 Å². The van der Waals surface area contributed by atoms with E-state index in [2.05, 4.69) is 5.32 Å². The van der Waals surface area contributed by atoms with Crippen molar-refractivity contribution in [3.05, 3.63) is 119 Å². The van der Waals surface area contributed by atoms with Crippen molar-refractivity contribution in [2.75, 3.05) is 11.9 Å². The molecule has 0 unspecified atom stereocenters. The molecule has 0 atom stereocenters. The molecule has 202 valence electrons. The van der Waals surface area contributed by atoms with Crippen LogP contribution in [0.25, 0.3) is 34.1 Å². The van der Waals surface area contributed by atoms with E-state index in [1.165, 1.54) is 18.2 Å². The molecule has 3 aromatic carbocycles. The average molecular weight is 563 g/mol. The molecule has 9 heteroatoms. The van der Waals surface area contributed by atoms with Crippen LogP contribution in [0.4, 0.5) is 9.39 Å². The first-order valence-electron chi connectivity index (χ1n) is 12.7. The van der Waals surface area contributed by atoms with Crippen LogP contribution >= 0.6 is 11.3 Å². The summed E-state index contributed by atoms with van der Waals surface area (Å²) in [6, 6.07) is 26.6. The fourth-order valence-corrected chi connectivity index (χ4v) is 5.15. The van der Waals surface area contributed by atoms with Crippen molar-refractivity contribution >= 4 is 34.3 Å². The molecule has 2 heterocycles. The molecule has 1 amide bonds. The van der Waals surface area contributed by atoms with Crippen LogP contribution in [-0.2, 0) is 9.53 Å². The van der Waals surface area contributed by atoms with Gasteiger partial charge in [0.1, 0.15) is 28.0 Å². The van der Waals surface area contributed by atoms with Gasteiger partial charge in [0.05, 0.1) is 18.0 Å². The van der Waals surface area contributed by atoms with Gasteiger partial charge in [-0.2, -0.15) is 10.4 Å². The number of halogens is 1. The van der Waals surface area contributed by atoms with E-state index in [1.54, 1.807) is 35.3 Å². The summed E-state index contributed by atoms with van der Waals surface area (Å²) in [5.74, 6) is -1.75. The van der Waals surface area contributed by atoms with Gasteiger partial charge >= 0.3 is 5.97 Å². The van der Waals surface area contributed by atoms with Gasteiger partial charge in [0.2, 0.25) is 0 Å². The van der Waals surface area contributed by atoms with Gasteiger partial charge in [-0.15, -0.1) is 11.3 Å². The third kappa shape index (κ3) is 5.98. The van der Waals surface area contributed by atoms with Gasteiger partial charge in [0, 0.05) is 28.3 Å². The van der Waals surface area contributed by atoms with Crippen LogP contribution < -0.4 is 5.32 Å². The van der Waals surface area contributed by atoms with Crippen molar-refractivity contribution in [1.82, 2.24) is 9.78 Å². The SMILES string of the molecule is CCOC(=O)c1c(-c2ccc(F)cc2)csc1NC(=O)/C(C#N)=C/c1cn(-c2ccccc2)nc1-c1ccccc1. The number of ether oxygens (including phenoxy) is 1. The van der Waals surface area contributed by atoms with Crippen LogP contribution in [0.1, 0.15) is 22.8 Å². The lowest BCUT2D eigenvalue weighted by Gasteiger charge is -2.09. The summed E-state index contributed by atoms with van der Waals surface area (Å²) in [6.07, 6.45) is 3.23. The summed E-state index contributed by atoms with van der Waals surface area (Å²) in [5, 5.41) is 19.3. The topological polar surface area (TPSA) is 97.0 Å². The zero-order valence-electron chi connectivity index (χ0n) is 21.9. The lowest BCUT2D eigenvalue weighted by molar-refractivity contribution is -0.112. The lowest BCUT2D eigenvalue weighted by atomic mass is 10.0. The highest BCUT2D eigenvalue weighted by atomic mass is 32.1. The number of hydrogen-bond acceptors (Lipinski definition) is 6. The minimum Gasteiger partial charge on any atom is -0.462 e.